The van der Waals surface area contributed by atoms with Gasteiger partial charge in [-0.1, -0.05) is 26.8 Å². The molecular formula is C17H21NO2. The number of carboxylic acid groups (broad SMARTS) is 1. The highest BCUT2D eigenvalue weighted by atomic mass is 16.4. The number of carboxylic acids is 1. The molecule has 0 aliphatic carbocycles. The molecule has 1 aromatic heterocycles. The van der Waals surface area contributed by atoms with Crippen LogP contribution in [0.3, 0.4) is 0 Å². The van der Waals surface area contributed by atoms with E-state index in [0.29, 0.717) is 6.42 Å². The van der Waals surface area contributed by atoms with Crippen molar-refractivity contribution >= 4 is 16.9 Å². The summed E-state index contributed by atoms with van der Waals surface area (Å²) in [7, 11) is 0. The van der Waals surface area contributed by atoms with Crippen molar-refractivity contribution in [3.05, 3.63) is 41.6 Å². The van der Waals surface area contributed by atoms with Crippen molar-refractivity contribution in [2.24, 2.45) is 0 Å². The monoisotopic (exact) mass is 271 g/mol. The van der Waals surface area contributed by atoms with Gasteiger partial charge in [-0.2, -0.15) is 0 Å². The van der Waals surface area contributed by atoms with E-state index < -0.39 is 5.97 Å². The molecule has 1 heterocycles. The highest BCUT2D eigenvalue weighted by Crippen LogP contribution is 2.25. The molecule has 0 aliphatic rings. The number of hydrogen-bond acceptors (Lipinski definition) is 2. The quantitative estimate of drug-likeness (QED) is 0.916. The summed E-state index contributed by atoms with van der Waals surface area (Å²) < 4.78 is 0. The Hall–Kier alpha value is -1.90. The zero-order valence-corrected chi connectivity index (χ0v) is 12.3. The molecular weight excluding hydrogens is 250 g/mol. The van der Waals surface area contributed by atoms with Crippen LogP contribution in [0.1, 0.15) is 44.7 Å². The molecule has 0 fully saturated rings. The van der Waals surface area contributed by atoms with Crippen molar-refractivity contribution in [1.29, 1.82) is 0 Å². The Morgan fingerprint density at radius 3 is 2.65 bits per heavy atom. The van der Waals surface area contributed by atoms with Gasteiger partial charge in [-0.3, -0.25) is 9.78 Å². The van der Waals surface area contributed by atoms with Crippen LogP contribution >= 0.6 is 0 Å². The third-order valence-electron chi connectivity index (χ3n) is 3.46. The van der Waals surface area contributed by atoms with E-state index >= 15 is 0 Å². The van der Waals surface area contributed by atoms with Crippen molar-refractivity contribution in [2.75, 3.05) is 0 Å². The minimum absolute atomic E-state index is 0.119. The number of aliphatic carboxylic acids is 1. The van der Waals surface area contributed by atoms with Gasteiger partial charge in [-0.25, -0.2) is 0 Å². The second kappa shape index (κ2) is 5.61. The Kier molecular flexibility index (Phi) is 4.07. The SMILES string of the molecule is CC(C)(C)c1ccc2ncc(CCCC(=O)O)cc2c1. The minimum atomic E-state index is -0.742. The van der Waals surface area contributed by atoms with Gasteiger partial charge < -0.3 is 5.11 Å². The van der Waals surface area contributed by atoms with E-state index in [1.165, 1.54) is 5.56 Å². The van der Waals surface area contributed by atoms with Gasteiger partial charge in [0.25, 0.3) is 0 Å². The predicted molar refractivity (Wildman–Crippen MR) is 81.0 cm³/mol. The second-order valence-electron chi connectivity index (χ2n) is 6.25. The van der Waals surface area contributed by atoms with E-state index in [2.05, 4.69) is 50.0 Å². The first-order chi connectivity index (χ1) is 9.36. The van der Waals surface area contributed by atoms with Crippen molar-refractivity contribution < 1.29 is 9.90 Å². The van der Waals surface area contributed by atoms with Crippen LogP contribution in [0.5, 0.6) is 0 Å². The summed E-state index contributed by atoms with van der Waals surface area (Å²) in [5.74, 6) is -0.742. The normalized spacial score (nSPS) is 11.8. The Labute approximate surface area is 119 Å². The van der Waals surface area contributed by atoms with Gasteiger partial charge in [0, 0.05) is 18.0 Å². The summed E-state index contributed by atoms with van der Waals surface area (Å²) >= 11 is 0. The first-order valence-electron chi connectivity index (χ1n) is 6.97. The predicted octanol–water partition coefficient (Wildman–Crippen LogP) is 3.94. The number of fused-ring (bicyclic) bond motifs is 1. The standard InChI is InChI=1S/C17H21NO2/c1-17(2,3)14-7-8-15-13(10-14)9-12(11-18-15)5-4-6-16(19)20/h7-11H,4-6H2,1-3H3,(H,19,20). The van der Waals surface area contributed by atoms with Crippen LogP contribution in [-0.2, 0) is 16.6 Å². The number of nitrogens with zero attached hydrogens (tertiary/aromatic N) is 1. The summed E-state index contributed by atoms with van der Waals surface area (Å²) in [6.45, 7) is 6.58. The Morgan fingerprint density at radius 1 is 1.25 bits per heavy atom. The molecule has 0 atom stereocenters. The molecule has 0 amide bonds. The maximum atomic E-state index is 10.5. The minimum Gasteiger partial charge on any atom is -0.481 e. The Morgan fingerprint density at radius 2 is 2.00 bits per heavy atom. The molecule has 3 nitrogen and oxygen atoms in total. The Bertz CT molecular complexity index is 626. The van der Waals surface area contributed by atoms with E-state index in [9.17, 15) is 4.79 Å². The van der Waals surface area contributed by atoms with Gasteiger partial charge in [0.2, 0.25) is 0 Å². The number of aryl methyl sites for hydroxylation is 1. The third-order valence-corrected chi connectivity index (χ3v) is 3.46. The molecule has 2 rings (SSSR count). The molecule has 20 heavy (non-hydrogen) atoms. The number of aromatic nitrogens is 1. The molecule has 2 aromatic rings. The van der Waals surface area contributed by atoms with Crippen LogP contribution in [0.25, 0.3) is 10.9 Å². The van der Waals surface area contributed by atoms with Gasteiger partial charge in [0.15, 0.2) is 0 Å². The highest BCUT2D eigenvalue weighted by molar-refractivity contribution is 5.80. The number of pyridine rings is 1. The zero-order valence-electron chi connectivity index (χ0n) is 12.3. The summed E-state index contributed by atoms with van der Waals surface area (Å²) in [4.78, 5) is 15.0. The van der Waals surface area contributed by atoms with E-state index in [1.807, 2.05) is 6.20 Å². The average molecular weight is 271 g/mol. The molecule has 0 aliphatic heterocycles. The van der Waals surface area contributed by atoms with E-state index in [0.717, 1.165) is 22.9 Å². The first kappa shape index (κ1) is 14.5. The topological polar surface area (TPSA) is 50.2 Å². The zero-order chi connectivity index (χ0) is 14.8. The van der Waals surface area contributed by atoms with Gasteiger partial charge in [0.1, 0.15) is 0 Å². The lowest BCUT2D eigenvalue weighted by Gasteiger charge is -2.19. The average Bonchev–Trinajstić information content (AvgIpc) is 2.36. The fourth-order valence-corrected chi connectivity index (χ4v) is 2.22. The van der Waals surface area contributed by atoms with E-state index in [4.69, 9.17) is 5.11 Å². The lowest BCUT2D eigenvalue weighted by atomic mass is 9.86. The van der Waals surface area contributed by atoms with Crippen LogP contribution in [0.4, 0.5) is 0 Å². The fourth-order valence-electron chi connectivity index (χ4n) is 2.22. The molecule has 0 unspecified atom stereocenters. The van der Waals surface area contributed by atoms with Crippen LogP contribution in [0.15, 0.2) is 30.5 Å². The molecule has 0 spiro atoms. The second-order valence-corrected chi connectivity index (χ2v) is 6.25. The van der Waals surface area contributed by atoms with Gasteiger partial charge in [0.05, 0.1) is 5.52 Å². The number of hydrogen-bond donors (Lipinski definition) is 1. The number of carbonyl (C=O) groups is 1. The molecule has 0 saturated heterocycles. The number of rotatable bonds is 4. The highest BCUT2D eigenvalue weighted by Gasteiger charge is 2.14. The summed E-state index contributed by atoms with van der Waals surface area (Å²) in [6.07, 6.45) is 3.47. The van der Waals surface area contributed by atoms with Crippen molar-refractivity contribution in [2.45, 2.75) is 45.4 Å². The molecule has 1 N–H and O–H groups in total. The van der Waals surface area contributed by atoms with Crippen LogP contribution in [0.2, 0.25) is 0 Å². The summed E-state index contributed by atoms with van der Waals surface area (Å²) in [6, 6.07) is 8.48. The lowest BCUT2D eigenvalue weighted by molar-refractivity contribution is -0.137. The van der Waals surface area contributed by atoms with Crippen LogP contribution in [0, 0.1) is 0 Å². The van der Waals surface area contributed by atoms with Crippen LogP contribution < -0.4 is 0 Å². The molecule has 1 aromatic carbocycles. The molecule has 0 bridgehead atoms. The fraction of sp³-hybridized carbons (Fsp3) is 0.412. The first-order valence-corrected chi connectivity index (χ1v) is 6.97. The summed E-state index contributed by atoms with van der Waals surface area (Å²) in [5.41, 5.74) is 3.49. The molecule has 0 saturated carbocycles. The van der Waals surface area contributed by atoms with Gasteiger partial charge in [-0.15, -0.1) is 0 Å². The van der Waals surface area contributed by atoms with Crippen molar-refractivity contribution in [1.82, 2.24) is 4.98 Å². The maximum Gasteiger partial charge on any atom is 0.303 e. The van der Waals surface area contributed by atoms with Crippen LogP contribution in [-0.4, -0.2) is 16.1 Å². The Balaban J connectivity index is 2.25. The van der Waals surface area contributed by atoms with Gasteiger partial charge >= 0.3 is 5.97 Å². The lowest BCUT2D eigenvalue weighted by Crippen LogP contribution is -2.10. The number of benzene rings is 1. The molecule has 106 valence electrons. The van der Waals surface area contributed by atoms with Crippen molar-refractivity contribution in [3.8, 4) is 0 Å². The smallest absolute Gasteiger partial charge is 0.303 e. The molecule has 3 heteroatoms. The van der Waals surface area contributed by atoms with E-state index in [-0.39, 0.29) is 11.8 Å². The largest absolute Gasteiger partial charge is 0.481 e. The van der Waals surface area contributed by atoms with Gasteiger partial charge in [-0.05, 0) is 47.6 Å². The van der Waals surface area contributed by atoms with E-state index in [1.54, 1.807) is 0 Å². The third kappa shape index (κ3) is 3.56. The summed E-state index contributed by atoms with van der Waals surface area (Å²) in [5, 5.41) is 9.80. The van der Waals surface area contributed by atoms with Crippen molar-refractivity contribution in [3.63, 3.8) is 0 Å². The maximum absolute atomic E-state index is 10.5. The molecule has 0 radical (unpaired) electrons.